The Labute approximate surface area is 113 Å². The van der Waals surface area contributed by atoms with Crippen LogP contribution < -0.4 is 10.5 Å². The molecule has 0 heterocycles. The molecule has 5 heteroatoms. The number of nitrogens with two attached hydrogens (primary N) is 1. The van der Waals surface area contributed by atoms with Gasteiger partial charge >= 0.3 is 0 Å². The van der Waals surface area contributed by atoms with Crippen LogP contribution in [0.2, 0.25) is 0 Å². The van der Waals surface area contributed by atoms with E-state index in [2.05, 4.69) is 4.72 Å². The first kappa shape index (κ1) is 13.6. The Morgan fingerprint density at radius 2 is 1.58 bits per heavy atom. The largest absolute Gasteiger partial charge is 0.399 e. The van der Waals surface area contributed by atoms with E-state index in [-0.39, 0.29) is 11.4 Å². The molecule has 0 bridgehead atoms. The summed E-state index contributed by atoms with van der Waals surface area (Å²) < 4.78 is 26.7. The molecule has 0 atom stereocenters. The van der Waals surface area contributed by atoms with Crippen molar-refractivity contribution >= 4 is 15.7 Å². The van der Waals surface area contributed by atoms with E-state index in [1.165, 1.54) is 0 Å². The summed E-state index contributed by atoms with van der Waals surface area (Å²) >= 11 is 0. The van der Waals surface area contributed by atoms with Crippen molar-refractivity contribution in [1.29, 1.82) is 0 Å². The minimum Gasteiger partial charge on any atom is -0.399 e. The highest BCUT2D eigenvalue weighted by atomic mass is 32.2. The van der Waals surface area contributed by atoms with E-state index in [9.17, 15) is 8.42 Å². The van der Waals surface area contributed by atoms with Crippen LogP contribution in [0.1, 0.15) is 11.1 Å². The maximum Gasteiger partial charge on any atom is 0.240 e. The number of nitrogens with one attached hydrogen (secondary N) is 1. The predicted molar refractivity (Wildman–Crippen MR) is 76.1 cm³/mol. The number of sulfonamides is 1. The summed E-state index contributed by atoms with van der Waals surface area (Å²) in [6, 6.07) is 13.8. The second-order valence-electron chi connectivity index (χ2n) is 4.38. The molecule has 0 spiro atoms. The average molecular weight is 276 g/mol. The zero-order valence-electron chi connectivity index (χ0n) is 10.6. The van der Waals surface area contributed by atoms with Crippen LogP contribution in [0.5, 0.6) is 0 Å². The lowest BCUT2D eigenvalue weighted by Crippen LogP contribution is -2.23. The van der Waals surface area contributed by atoms with Gasteiger partial charge in [-0.25, -0.2) is 13.1 Å². The molecule has 0 saturated carbocycles. The molecule has 0 aromatic heterocycles. The van der Waals surface area contributed by atoms with Gasteiger partial charge in [0.1, 0.15) is 0 Å². The zero-order chi connectivity index (χ0) is 13.9. The Hall–Kier alpha value is -1.85. The van der Waals surface area contributed by atoms with Crippen LogP contribution in [0, 0.1) is 6.92 Å². The number of benzene rings is 2. The van der Waals surface area contributed by atoms with Gasteiger partial charge < -0.3 is 5.73 Å². The fourth-order valence-electron chi connectivity index (χ4n) is 1.61. The molecule has 2 aromatic rings. The summed E-state index contributed by atoms with van der Waals surface area (Å²) in [5.41, 5.74) is 8.12. The lowest BCUT2D eigenvalue weighted by atomic mass is 10.2. The predicted octanol–water partition coefficient (Wildman–Crippen LogP) is 2.06. The molecular formula is C14H16N2O2S. The molecule has 0 aliphatic rings. The number of hydrogen-bond acceptors (Lipinski definition) is 3. The van der Waals surface area contributed by atoms with Gasteiger partial charge in [0.05, 0.1) is 4.90 Å². The van der Waals surface area contributed by atoms with Gasteiger partial charge in [0.15, 0.2) is 0 Å². The smallest absolute Gasteiger partial charge is 0.240 e. The molecule has 3 N–H and O–H groups in total. The van der Waals surface area contributed by atoms with Crippen LogP contribution in [0.25, 0.3) is 0 Å². The third-order valence-electron chi connectivity index (χ3n) is 2.78. The van der Waals surface area contributed by atoms with Crippen molar-refractivity contribution in [3.8, 4) is 0 Å². The van der Waals surface area contributed by atoms with Crippen LogP contribution >= 0.6 is 0 Å². The third kappa shape index (κ3) is 3.56. The van der Waals surface area contributed by atoms with E-state index >= 15 is 0 Å². The summed E-state index contributed by atoms with van der Waals surface area (Å²) in [7, 11) is -3.47. The topological polar surface area (TPSA) is 72.2 Å². The number of anilines is 1. The van der Waals surface area contributed by atoms with Crippen molar-refractivity contribution in [3.05, 3.63) is 59.7 Å². The van der Waals surface area contributed by atoms with Gasteiger partial charge in [-0.15, -0.1) is 0 Å². The first-order valence-electron chi connectivity index (χ1n) is 5.88. The highest BCUT2D eigenvalue weighted by molar-refractivity contribution is 7.89. The van der Waals surface area contributed by atoms with Crippen LogP contribution in [-0.2, 0) is 16.6 Å². The van der Waals surface area contributed by atoms with Gasteiger partial charge in [-0.05, 0) is 36.8 Å². The summed E-state index contributed by atoms with van der Waals surface area (Å²) in [6.45, 7) is 2.16. The van der Waals surface area contributed by atoms with E-state index in [1.807, 2.05) is 6.92 Å². The van der Waals surface area contributed by atoms with Gasteiger partial charge in [0.25, 0.3) is 0 Å². The van der Waals surface area contributed by atoms with Crippen LogP contribution in [0.4, 0.5) is 5.69 Å². The maximum atomic E-state index is 12.0. The molecule has 100 valence electrons. The van der Waals surface area contributed by atoms with E-state index < -0.39 is 10.0 Å². The summed E-state index contributed by atoms with van der Waals surface area (Å²) in [5.74, 6) is 0. The monoisotopic (exact) mass is 276 g/mol. The van der Waals surface area contributed by atoms with E-state index in [0.29, 0.717) is 5.69 Å². The molecular weight excluding hydrogens is 260 g/mol. The fraction of sp³-hybridized carbons (Fsp3) is 0.143. The van der Waals surface area contributed by atoms with Gasteiger partial charge in [0.2, 0.25) is 10.0 Å². The molecule has 4 nitrogen and oxygen atoms in total. The number of hydrogen-bond donors (Lipinski definition) is 2. The van der Waals surface area contributed by atoms with Crippen molar-refractivity contribution < 1.29 is 8.42 Å². The van der Waals surface area contributed by atoms with Crippen molar-refractivity contribution in [2.45, 2.75) is 18.4 Å². The Kier molecular flexibility index (Phi) is 3.87. The Morgan fingerprint density at radius 3 is 2.16 bits per heavy atom. The molecule has 19 heavy (non-hydrogen) atoms. The van der Waals surface area contributed by atoms with Crippen molar-refractivity contribution in [2.24, 2.45) is 0 Å². The van der Waals surface area contributed by atoms with Crippen LogP contribution in [-0.4, -0.2) is 8.42 Å². The van der Waals surface area contributed by atoms with E-state index in [1.54, 1.807) is 48.5 Å². The molecule has 0 saturated heterocycles. The average Bonchev–Trinajstić information content (AvgIpc) is 2.39. The summed E-state index contributed by atoms with van der Waals surface area (Å²) in [6.07, 6.45) is 0. The lowest BCUT2D eigenvalue weighted by molar-refractivity contribution is 0.581. The standard InChI is InChI=1S/C14H16N2O2S/c1-11-2-8-14(9-3-11)19(17,18)16-10-12-4-6-13(15)7-5-12/h2-9,16H,10,15H2,1H3. The van der Waals surface area contributed by atoms with Crippen LogP contribution in [0.15, 0.2) is 53.4 Å². The normalized spacial score (nSPS) is 11.4. The number of nitrogen functional groups attached to an aromatic ring is 1. The van der Waals surface area contributed by atoms with E-state index in [0.717, 1.165) is 11.1 Å². The fourth-order valence-corrected chi connectivity index (χ4v) is 2.63. The number of rotatable bonds is 4. The van der Waals surface area contributed by atoms with Crippen molar-refractivity contribution in [1.82, 2.24) is 4.72 Å². The third-order valence-corrected chi connectivity index (χ3v) is 4.19. The lowest BCUT2D eigenvalue weighted by Gasteiger charge is -2.07. The first-order valence-corrected chi connectivity index (χ1v) is 7.36. The minimum atomic E-state index is -3.47. The quantitative estimate of drug-likeness (QED) is 0.840. The Bertz CT molecular complexity index is 647. The molecule has 2 aromatic carbocycles. The SMILES string of the molecule is Cc1ccc(S(=O)(=O)NCc2ccc(N)cc2)cc1. The highest BCUT2D eigenvalue weighted by Crippen LogP contribution is 2.11. The number of aryl methyl sites for hydroxylation is 1. The van der Waals surface area contributed by atoms with E-state index in [4.69, 9.17) is 5.73 Å². The first-order chi connectivity index (χ1) is 8.97. The minimum absolute atomic E-state index is 0.247. The van der Waals surface area contributed by atoms with Crippen LogP contribution in [0.3, 0.4) is 0 Å². The molecule has 2 rings (SSSR count). The van der Waals surface area contributed by atoms with Gasteiger partial charge in [-0.1, -0.05) is 29.8 Å². The van der Waals surface area contributed by atoms with Gasteiger partial charge in [-0.3, -0.25) is 0 Å². The van der Waals surface area contributed by atoms with Crippen molar-refractivity contribution in [3.63, 3.8) is 0 Å². The highest BCUT2D eigenvalue weighted by Gasteiger charge is 2.12. The molecule has 0 fully saturated rings. The Morgan fingerprint density at radius 1 is 1.00 bits per heavy atom. The van der Waals surface area contributed by atoms with Gasteiger partial charge in [-0.2, -0.15) is 0 Å². The molecule has 0 amide bonds. The Balaban J connectivity index is 2.09. The molecule has 0 aliphatic heterocycles. The zero-order valence-corrected chi connectivity index (χ0v) is 11.4. The maximum absolute atomic E-state index is 12.0. The second-order valence-corrected chi connectivity index (χ2v) is 6.15. The summed E-state index contributed by atoms with van der Waals surface area (Å²) in [4.78, 5) is 0.272. The van der Waals surface area contributed by atoms with Gasteiger partial charge in [0, 0.05) is 12.2 Å². The molecule has 0 aliphatic carbocycles. The molecule has 0 radical (unpaired) electrons. The molecule has 0 unspecified atom stereocenters. The summed E-state index contributed by atoms with van der Waals surface area (Å²) in [5, 5.41) is 0. The second kappa shape index (κ2) is 5.42. The van der Waals surface area contributed by atoms with Crippen molar-refractivity contribution in [2.75, 3.05) is 5.73 Å².